The van der Waals surface area contributed by atoms with E-state index in [0.29, 0.717) is 17.7 Å². The monoisotopic (exact) mass is 420 g/mol. The van der Waals surface area contributed by atoms with Crippen molar-refractivity contribution in [3.8, 4) is 0 Å². The summed E-state index contributed by atoms with van der Waals surface area (Å²) in [6.07, 6.45) is 0.562. The molecular weight excluding hydrogens is 396 g/mol. The number of hydrogen-bond acceptors (Lipinski definition) is 3. The third-order valence-electron chi connectivity index (χ3n) is 5.42. The van der Waals surface area contributed by atoms with Crippen molar-refractivity contribution in [2.75, 3.05) is 9.62 Å². The molecular formula is C24H24N2O3S. The van der Waals surface area contributed by atoms with Crippen molar-refractivity contribution in [2.45, 2.75) is 38.1 Å². The average molecular weight is 421 g/mol. The number of fused-ring (bicyclic) bond motifs is 1. The molecule has 0 saturated carbocycles. The predicted octanol–water partition coefficient (Wildman–Crippen LogP) is 4.70. The van der Waals surface area contributed by atoms with Crippen molar-refractivity contribution in [3.63, 3.8) is 0 Å². The van der Waals surface area contributed by atoms with E-state index in [4.69, 9.17) is 0 Å². The Morgan fingerprint density at radius 3 is 2.43 bits per heavy atom. The van der Waals surface area contributed by atoms with Crippen LogP contribution in [0.25, 0.3) is 0 Å². The molecule has 0 radical (unpaired) electrons. The normalized spacial score (nSPS) is 15.7. The Morgan fingerprint density at radius 2 is 1.73 bits per heavy atom. The molecule has 1 aliphatic heterocycles. The van der Waals surface area contributed by atoms with Crippen LogP contribution in [0.5, 0.6) is 0 Å². The number of carbonyl (C=O) groups is 1. The number of anilines is 2. The van der Waals surface area contributed by atoms with Gasteiger partial charge in [0.15, 0.2) is 0 Å². The first kappa shape index (κ1) is 20.2. The summed E-state index contributed by atoms with van der Waals surface area (Å²) in [4.78, 5) is 13.1. The van der Waals surface area contributed by atoms with Gasteiger partial charge in [-0.25, -0.2) is 8.42 Å². The molecule has 0 saturated heterocycles. The number of carbonyl (C=O) groups excluding carboxylic acids is 1. The van der Waals surface area contributed by atoms with Crippen molar-refractivity contribution in [3.05, 3.63) is 89.0 Å². The molecule has 4 rings (SSSR count). The van der Waals surface area contributed by atoms with Gasteiger partial charge in [-0.1, -0.05) is 35.9 Å². The summed E-state index contributed by atoms with van der Waals surface area (Å²) in [5.41, 5.74) is 4.91. The van der Waals surface area contributed by atoms with E-state index in [1.165, 1.54) is 4.31 Å². The van der Waals surface area contributed by atoms with E-state index in [2.05, 4.69) is 5.32 Å². The lowest BCUT2D eigenvalue weighted by Gasteiger charge is -2.24. The first-order chi connectivity index (χ1) is 14.3. The molecule has 154 valence electrons. The number of nitrogens with zero attached hydrogens (tertiary/aromatic N) is 1. The maximum Gasteiger partial charge on any atom is 0.264 e. The van der Waals surface area contributed by atoms with E-state index in [9.17, 15) is 13.2 Å². The van der Waals surface area contributed by atoms with Gasteiger partial charge in [-0.15, -0.1) is 0 Å². The van der Waals surface area contributed by atoms with E-state index in [0.717, 1.165) is 22.4 Å². The summed E-state index contributed by atoms with van der Waals surface area (Å²) >= 11 is 0. The zero-order valence-electron chi connectivity index (χ0n) is 17.2. The molecule has 1 amide bonds. The van der Waals surface area contributed by atoms with Crippen molar-refractivity contribution in [2.24, 2.45) is 0 Å². The Bertz CT molecular complexity index is 1220. The van der Waals surface area contributed by atoms with Crippen LogP contribution in [0.3, 0.4) is 0 Å². The van der Waals surface area contributed by atoms with Gasteiger partial charge in [0.1, 0.15) is 0 Å². The van der Waals surface area contributed by atoms with Crippen LogP contribution in [0.2, 0.25) is 0 Å². The third-order valence-corrected chi connectivity index (χ3v) is 7.37. The van der Waals surface area contributed by atoms with Crippen LogP contribution < -0.4 is 9.62 Å². The van der Waals surface area contributed by atoms with Crippen molar-refractivity contribution >= 4 is 27.3 Å². The van der Waals surface area contributed by atoms with Crippen LogP contribution in [0.1, 0.15) is 34.0 Å². The lowest BCUT2D eigenvalue weighted by Crippen LogP contribution is -2.35. The minimum absolute atomic E-state index is 0.207. The molecule has 0 aromatic heterocycles. The summed E-state index contributed by atoms with van der Waals surface area (Å²) in [5, 5.41) is 2.95. The molecule has 1 aliphatic rings. The van der Waals surface area contributed by atoms with Gasteiger partial charge in [0.25, 0.3) is 15.9 Å². The number of amides is 1. The molecule has 0 fully saturated rings. The fourth-order valence-electron chi connectivity index (χ4n) is 3.96. The molecule has 0 spiro atoms. The average Bonchev–Trinajstić information content (AvgIpc) is 3.06. The summed E-state index contributed by atoms with van der Waals surface area (Å²) in [6.45, 7) is 5.85. The highest BCUT2D eigenvalue weighted by molar-refractivity contribution is 7.92. The Morgan fingerprint density at radius 1 is 1.00 bits per heavy atom. The van der Waals surface area contributed by atoms with Crippen LogP contribution in [0.15, 0.2) is 71.6 Å². The van der Waals surface area contributed by atoms with Gasteiger partial charge in [0.05, 0.1) is 10.6 Å². The largest absolute Gasteiger partial charge is 0.322 e. The highest BCUT2D eigenvalue weighted by Gasteiger charge is 2.36. The quantitative estimate of drug-likeness (QED) is 0.666. The third kappa shape index (κ3) is 3.59. The van der Waals surface area contributed by atoms with E-state index in [1.54, 1.807) is 48.5 Å². The number of aryl methyl sites for hydroxylation is 2. The van der Waals surface area contributed by atoms with Gasteiger partial charge < -0.3 is 5.32 Å². The van der Waals surface area contributed by atoms with Gasteiger partial charge in [-0.3, -0.25) is 9.10 Å². The molecule has 5 nitrogen and oxygen atoms in total. The molecule has 1 N–H and O–H groups in total. The standard InChI is InChI=1S/C24H24N2O3S/c1-16-9-11-22(17(2)13-16)25-24(27)19-10-12-23-20(15-19)14-18(3)26(23)30(28,29)21-7-5-4-6-8-21/h4-13,15,18H,14H2,1-3H3,(H,25,27)/t18-/m0/s1. The highest BCUT2D eigenvalue weighted by atomic mass is 32.2. The Hall–Kier alpha value is -3.12. The first-order valence-corrected chi connectivity index (χ1v) is 11.3. The topological polar surface area (TPSA) is 66.5 Å². The summed E-state index contributed by atoms with van der Waals surface area (Å²) < 4.78 is 27.8. The molecule has 1 atom stereocenters. The lowest BCUT2D eigenvalue weighted by molar-refractivity contribution is 0.102. The fourth-order valence-corrected chi connectivity index (χ4v) is 5.68. The van der Waals surface area contributed by atoms with Crippen molar-refractivity contribution in [1.29, 1.82) is 0 Å². The summed E-state index contributed by atoms with van der Waals surface area (Å²) in [6, 6.07) is 19.3. The number of rotatable bonds is 4. The lowest BCUT2D eigenvalue weighted by atomic mass is 10.1. The molecule has 6 heteroatoms. The Kier molecular flexibility index (Phi) is 5.12. The van der Waals surface area contributed by atoms with E-state index < -0.39 is 10.0 Å². The molecule has 30 heavy (non-hydrogen) atoms. The van der Waals surface area contributed by atoms with E-state index in [1.807, 2.05) is 39.0 Å². The second-order valence-corrected chi connectivity index (χ2v) is 9.60. The van der Waals surface area contributed by atoms with E-state index >= 15 is 0 Å². The van der Waals surface area contributed by atoms with Crippen LogP contribution >= 0.6 is 0 Å². The number of benzene rings is 3. The van der Waals surface area contributed by atoms with Crippen LogP contribution in [-0.4, -0.2) is 20.4 Å². The number of nitrogens with one attached hydrogen (secondary N) is 1. The molecule has 0 bridgehead atoms. The van der Waals surface area contributed by atoms with Gasteiger partial charge in [-0.05, 0) is 74.7 Å². The second-order valence-electron chi connectivity index (χ2n) is 7.78. The minimum atomic E-state index is -3.66. The number of hydrogen-bond donors (Lipinski definition) is 1. The fraction of sp³-hybridized carbons (Fsp3) is 0.208. The SMILES string of the molecule is Cc1ccc(NC(=O)c2ccc3c(c2)C[C@H](C)N3S(=O)(=O)c2ccccc2)c(C)c1. The van der Waals surface area contributed by atoms with Crippen molar-refractivity contribution < 1.29 is 13.2 Å². The Labute approximate surface area is 177 Å². The molecule has 3 aromatic rings. The van der Waals surface area contributed by atoms with Gasteiger partial charge in [0, 0.05) is 17.3 Å². The van der Waals surface area contributed by atoms with Crippen LogP contribution in [-0.2, 0) is 16.4 Å². The predicted molar refractivity (Wildman–Crippen MR) is 120 cm³/mol. The number of sulfonamides is 1. The summed E-state index contributed by atoms with van der Waals surface area (Å²) in [7, 11) is -3.66. The zero-order valence-corrected chi connectivity index (χ0v) is 18.0. The van der Waals surface area contributed by atoms with Gasteiger partial charge >= 0.3 is 0 Å². The zero-order chi connectivity index (χ0) is 21.5. The van der Waals surface area contributed by atoms with E-state index in [-0.39, 0.29) is 16.8 Å². The van der Waals surface area contributed by atoms with Crippen LogP contribution in [0, 0.1) is 13.8 Å². The summed E-state index contributed by atoms with van der Waals surface area (Å²) in [5.74, 6) is -0.207. The van der Waals surface area contributed by atoms with Crippen LogP contribution in [0.4, 0.5) is 11.4 Å². The molecule has 0 unspecified atom stereocenters. The minimum Gasteiger partial charge on any atom is -0.322 e. The maximum absolute atomic E-state index is 13.2. The highest BCUT2D eigenvalue weighted by Crippen LogP contribution is 2.37. The molecule has 0 aliphatic carbocycles. The Balaban J connectivity index is 1.63. The van der Waals surface area contributed by atoms with Crippen molar-refractivity contribution in [1.82, 2.24) is 0 Å². The first-order valence-electron chi connectivity index (χ1n) is 9.88. The van der Waals surface area contributed by atoms with Gasteiger partial charge in [-0.2, -0.15) is 0 Å². The second kappa shape index (κ2) is 7.61. The molecule has 3 aromatic carbocycles. The maximum atomic E-state index is 13.2. The smallest absolute Gasteiger partial charge is 0.264 e. The molecule has 1 heterocycles. The van der Waals surface area contributed by atoms with Gasteiger partial charge in [0.2, 0.25) is 0 Å².